The number of nitrogens with zero attached hydrogens (tertiary/aromatic N) is 5. The molecule has 3 heterocycles. The molecule has 146 valence electrons. The summed E-state index contributed by atoms with van der Waals surface area (Å²) >= 11 is 1.68. The van der Waals surface area contributed by atoms with Crippen molar-refractivity contribution in [1.82, 2.24) is 19.9 Å². The number of hydrogen-bond donors (Lipinski definition) is 1. The number of aromatic nitrogens is 3. The van der Waals surface area contributed by atoms with E-state index in [0.717, 1.165) is 36.8 Å². The number of thiazole rings is 1. The van der Waals surface area contributed by atoms with Gasteiger partial charge in [-0.3, -0.25) is 19.8 Å². The summed E-state index contributed by atoms with van der Waals surface area (Å²) in [5, 5.41) is 15.1. The first-order chi connectivity index (χ1) is 13.5. The minimum Gasteiger partial charge on any atom is -0.363 e. The van der Waals surface area contributed by atoms with Gasteiger partial charge < -0.3 is 9.88 Å². The van der Waals surface area contributed by atoms with E-state index in [1.807, 2.05) is 4.90 Å². The van der Waals surface area contributed by atoms with Crippen LogP contribution in [0.2, 0.25) is 0 Å². The van der Waals surface area contributed by atoms with Gasteiger partial charge in [0.1, 0.15) is 5.69 Å². The van der Waals surface area contributed by atoms with Gasteiger partial charge >= 0.3 is 0 Å². The maximum Gasteiger partial charge on any atom is 0.293 e. The Morgan fingerprint density at radius 2 is 2.07 bits per heavy atom. The fourth-order valence-electron chi connectivity index (χ4n) is 3.45. The van der Waals surface area contributed by atoms with Gasteiger partial charge in [-0.2, -0.15) is 0 Å². The van der Waals surface area contributed by atoms with Crippen LogP contribution < -0.4 is 10.5 Å². The molecule has 1 aliphatic heterocycles. The predicted octanol–water partition coefficient (Wildman–Crippen LogP) is 2.17. The number of benzene rings is 1. The maximum atomic E-state index is 11.9. The van der Waals surface area contributed by atoms with E-state index in [-0.39, 0.29) is 16.6 Å². The number of anilines is 1. The molecule has 2 aromatic heterocycles. The molecule has 1 aromatic carbocycles. The Kier molecular flexibility index (Phi) is 5.05. The topological polar surface area (TPSA) is 108 Å². The molecule has 0 amide bonds. The third-order valence-electron chi connectivity index (χ3n) is 4.93. The van der Waals surface area contributed by atoms with Gasteiger partial charge in [-0.1, -0.05) is 6.92 Å². The molecule has 4 rings (SSSR count). The fraction of sp³-hybridized carbons (Fsp3) is 0.389. The molecule has 9 nitrogen and oxygen atoms in total. The number of piperazine rings is 1. The van der Waals surface area contributed by atoms with Crippen LogP contribution in [0.1, 0.15) is 17.6 Å². The normalized spacial score (nSPS) is 15.2. The number of H-pyrrole nitrogens is 1. The first kappa shape index (κ1) is 18.5. The first-order valence-corrected chi connectivity index (χ1v) is 9.99. The lowest BCUT2D eigenvalue weighted by molar-refractivity contribution is -0.384. The van der Waals surface area contributed by atoms with E-state index in [9.17, 15) is 14.9 Å². The Morgan fingerprint density at radius 1 is 1.29 bits per heavy atom. The summed E-state index contributed by atoms with van der Waals surface area (Å²) in [6.07, 6.45) is 2.26. The van der Waals surface area contributed by atoms with Gasteiger partial charge in [-0.25, -0.2) is 9.97 Å². The summed E-state index contributed by atoms with van der Waals surface area (Å²) in [5.74, 6) is 0. The molecule has 1 aliphatic rings. The van der Waals surface area contributed by atoms with Crippen LogP contribution in [0, 0.1) is 10.1 Å². The van der Waals surface area contributed by atoms with Crippen molar-refractivity contribution in [3.8, 4) is 0 Å². The summed E-state index contributed by atoms with van der Waals surface area (Å²) in [4.78, 5) is 38.6. The lowest BCUT2D eigenvalue weighted by atomic mass is 10.1. The molecule has 0 radical (unpaired) electrons. The quantitative estimate of drug-likeness (QED) is 0.516. The average molecular weight is 400 g/mol. The van der Waals surface area contributed by atoms with Crippen LogP contribution in [-0.2, 0) is 13.0 Å². The molecular weight excluding hydrogens is 380 g/mol. The van der Waals surface area contributed by atoms with Gasteiger partial charge in [-0.15, -0.1) is 11.3 Å². The number of rotatable bonds is 5. The zero-order valence-electron chi connectivity index (χ0n) is 15.4. The highest BCUT2D eigenvalue weighted by molar-refractivity contribution is 7.09. The van der Waals surface area contributed by atoms with Crippen molar-refractivity contribution in [2.75, 3.05) is 31.1 Å². The van der Waals surface area contributed by atoms with Crippen molar-refractivity contribution in [2.45, 2.75) is 19.9 Å². The molecule has 1 fully saturated rings. The highest BCUT2D eigenvalue weighted by atomic mass is 32.1. The summed E-state index contributed by atoms with van der Waals surface area (Å²) in [7, 11) is 0. The van der Waals surface area contributed by atoms with E-state index in [1.54, 1.807) is 17.4 Å². The molecule has 1 saturated heterocycles. The van der Waals surface area contributed by atoms with Crippen molar-refractivity contribution in [3.63, 3.8) is 0 Å². The van der Waals surface area contributed by atoms with Gasteiger partial charge in [0.2, 0.25) is 0 Å². The standard InChI is InChI=1S/C18H20N6O3S/c1-2-17-21-12(10-28-17)9-22-3-5-23(6-4-22)15-8-14-13(7-16(15)24(26)27)18(25)20-11-19-14/h7-8,10-11H,2-6,9H2,1H3,(H,19,20,25). The summed E-state index contributed by atoms with van der Waals surface area (Å²) in [6, 6.07) is 2.97. The van der Waals surface area contributed by atoms with Crippen molar-refractivity contribution in [1.29, 1.82) is 0 Å². The van der Waals surface area contributed by atoms with Crippen LogP contribution in [0.15, 0.2) is 28.6 Å². The third-order valence-corrected chi connectivity index (χ3v) is 5.98. The zero-order valence-corrected chi connectivity index (χ0v) is 16.2. The van der Waals surface area contributed by atoms with Gasteiger partial charge in [0.25, 0.3) is 11.2 Å². The van der Waals surface area contributed by atoms with Crippen LogP contribution in [0.4, 0.5) is 11.4 Å². The van der Waals surface area contributed by atoms with Crippen molar-refractivity contribution < 1.29 is 4.92 Å². The van der Waals surface area contributed by atoms with Gasteiger partial charge in [-0.05, 0) is 12.5 Å². The van der Waals surface area contributed by atoms with Crippen LogP contribution in [0.5, 0.6) is 0 Å². The van der Waals surface area contributed by atoms with Gasteiger partial charge in [0.15, 0.2) is 0 Å². The van der Waals surface area contributed by atoms with E-state index < -0.39 is 4.92 Å². The second-order valence-electron chi connectivity index (χ2n) is 6.70. The lowest BCUT2D eigenvalue weighted by Crippen LogP contribution is -2.46. The van der Waals surface area contributed by atoms with E-state index in [0.29, 0.717) is 24.3 Å². The van der Waals surface area contributed by atoms with Crippen LogP contribution in [0.25, 0.3) is 10.9 Å². The molecule has 3 aromatic rings. The smallest absolute Gasteiger partial charge is 0.293 e. The van der Waals surface area contributed by atoms with Crippen LogP contribution >= 0.6 is 11.3 Å². The summed E-state index contributed by atoms with van der Waals surface area (Å²) < 4.78 is 0. The molecule has 10 heteroatoms. The second-order valence-corrected chi connectivity index (χ2v) is 7.64. The Bertz CT molecular complexity index is 1070. The highest BCUT2D eigenvalue weighted by Crippen LogP contribution is 2.32. The number of fused-ring (bicyclic) bond motifs is 1. The molecule has 28 heavy (non-hydrogen) atoms. The van der Waals surface area contributed by atoms with Gasteiger partial charge in [0, 0.05) is 44.2 Å². The molecule has 0 unspecified atom stereocenters. The SMILES string of the molecule is CCc1nc(CN2CCN(c3cc4nc[nH]c(=O)c4cc3[N+](=O)[O-])CC2)cs1. The Balaban J connectivity index is 1.53. The molecule has 0 aliphatic carbocycles. The molecule has 0 atom stereocenters. The number of aryl methyl sites for hydroxylation is 1. The summed E-state index contributed by atoms with van der Waals surface area (Å²) in [5.41, 5.74) is 1.61. The van der Waals surface area contributed by atoms with E-state index in [4.69, 9.17) is 0 Å². The fourth-order valence-corrected chi connectivity index (χ4v) is 4.19. The second kappa shape index (κ2) is 7.64. The molecule has 0 spiro atoms. The predicted molar refractivity (Wildman–Crippen MR) is 108 cm³/mol. The van der Waals surface area contributed by atoms with E-state index >= 15 is 0 Å². The molecule has 0 bridgehead atoms. The highest BCUT2D eigenvalue weighted by Gasteiger charge is 2.25. The van der Waals surface area contributed by atoms with Crippen LogP contribution in [-0.4, -0.2) is 51.0 Å². The van der Waals surface area contributed by atoms with Crippen molar-refractivity contribution >= 4 is 33.6 Å². The van der Waals surface area contributed by atoms with Crippen molar-refractivity contribution in [2.24, 2.45) is 0 Å². The zero-order chi connectivity index (χ0) is 19.7. The average Bonchev–Trinajstić information content (AvgIpc) is 3.15. The Morgan fingerprint density at radius 3 is 2.75 bits per heavy atom. The monoisotopic (exact) mass is 400 g/mol. The summed E-state index contributed by atoms with van der Waals surface area (Å²) in [6.45, 7) is 5.80. The number of nitro groups is 1. The molecule has 0 saturated carbocycles. The third kappa shape index (κ3) is 3.60. The van der Waals surface area contributed by atoms with Crippen LogP contribution in [0.3, 0.4) is 0 Å². The minimum atomic E-state index is -0.435. The van der Waals surface area contributed by atoms with Gasteiger partial charge in [0.05, 0.1) is 32.9 Å². The molecule has 1 N–H and O–H groups in total. The largest absolute Gasteiger partial charge is 0.363 e. The Labute approximate surface area is 164 Å². The minimum absolute atomic E-state index is 0.0634. The maximum absolute atomic E-state index is 11.9. The lowest BCUT2D eigenvalue weighted by Gasteiger charge is -2.35. The number of nitro benzene ring substituents is 1. The van der Waals surface area contributed by atoms with Crippen molar-refractivity contribution in [3.05, 3.63) is 55.0 Å². The first-order valence-electron chi connectivity index (χ1n) is 9.11. The van der Waals surface area contributed by atoms with E-state index in [1.165, 1.54) is 12.4 Å². The molecular formula is C18H20N6O3S. The number of aromatic amines is 1. The number of nitrogens with one attached hydrogen (secondary N) is 1. The number of hydrogen-bond acceptors (Lipinski definition) is 8. The Hall–Kier alpha value is -2.85. The van der Waals surface area contributed by atoms with E-state index in [2.05, 4.69) is 32.2 Å².